The van der Waals surface area contributed by atoms with E-state index in [9.17, 15) is 4.79 Å². The molecule has 1 heterocycles. The number of nitrogens with two attached hydrogens (primary N) is 1. The molecule has 1 aromatic rings. The number of rotatable bonds is 5. The summed E-state index contributed by atoms with van der Waals surface area (Å²) in [5.41, 5.74) is 6.71. The average molecular weight is 385 g/mol. The number of allylic oxidation sites excluding steroid dienone is 3. The van der Waals surface area contributed by atoms with E-state index < -0.39 is 0 Å². The molecule has 1 aliphatic carbocycles. The van der Waals surface area contributed by atoms with Crippen molar-refractivity contribution >= 4 is 28.5 Å². The van der Waals surface area contributed by atoms with E-state index in [1.807, 2.05) is 24.7 Å². The highest BCUT2D eigenvalue weighted by molar-refractivity contribution is 14.1. The van der Waals surface area contributed by atoms with E-state index in [2.05, 4.69) is 52.1 Å². The van der Waals surface area contributed by atoms with Gasteiger partial charge in [0.05, 0.1) is 22.1 Å². The van der Waals surface area contributed by atoms with Crippen molar-refractivity contribution in [2.45, 2.75) is 33.2 Å². The van der Waals surface area contributed by atoms with Crippen LogP contribution in [0.4, 0.5) is 0 Å². The second-order valence-corrected chi connectivity index (χ2v) is 6.27. The Hall–Kier alpha value is -1.11. The van der Waals surface area contributed by atoms with Crippen molar-refractivity contribution < 1.29 is 4.79 Å². The number of amides is 1. The second kappa shape index (κ2) is 6.11. The van der Waals surface area contributed by atoms with Gasteiger partial charge in [-0.1, -0.05) is 37.6 Å². The average Bonchev–Trinajstić information content (AvgIpc) is 2.83. The van der Waals surface area contributed by atoms with Crippen molar-refractivity contribution in [1.29, 1.82) is 0 Å². The summed E-state index contributed by atoms with van der Waals surface area (Å²) in [6.07, 6.45) is 11.5. The Kier molecular flexibility index (Phi) is 4.67. The van der Waals surface area contributed by atoms with Crippen LogP contribution in [-0.4, -0.2) is 15.5 Å². The largest absolute Gasteiger partial charge is 0.369 e. The van der Waals surface area contributed by atoms with Gasteiger partial charge in [-0.25, -0.2) is 4.98 Å². The van der Waals surface area contributed by atoms with E-state index >= 15 is 0 Å². The fraction of sp³-hybridized carbons (Fsp3) is 0.467. The molecule has 1 amide bonds. The molecule has 0 aromatic carbocycles. The molecule has 0 saturated carbocycles. The summed E-state index contributed by atoms with van der Waals surface area (Å²) in [5.74, 6) is -0.511. The van der Waals surface area contributed by atoms with Crippen LogP contribution in [0, 0.1) is 15.0 Å². The SMILES string of the molecule is CCC1=CC=CC(C(N)=O)C1(CC)Cn1cncc1I. The Labute approximate surface area is 133 Å². The first-order valence-corrected chi connectivity index (χ1v) is 7.95. The summed E-state index contributed by atoms with van der Waals surface area (Å²) < 4.78 is 3.17. The zero-order valence-electron chi connectivity index (χ0n) is 11.8. The molecule has 2 N–H and O–H groups in total. The Balaban J connectivity index is 2.47. The fourth-order valence-corrected chi connectivity index (χ4v) is 3.61. The summed E-state index contributed by atoms with van der Waals surface area (Å²) >= 11 is 2.27. The maximum Gasteiger partial charge on any atom is 0.225 e. The summed E-state index contributed by atoms with van der Waals surface area (Å²) in [7, 11) is 0. The van der Waals surface area contributed by atoms with Gasteiger partial charge in [0.25, 0.3) is 0 Å². The first-order chi connectivity index (χ1) is 9.55. The molecule has 1 aliphatic rings. The molecule has 108 valence electrons. The topological polar surface area (TPSA) is 60.9 Å². The molecule has 0 spiro atoms. The van der Waals surface area contributed by atoms with Crippen LogP contribution in [0.5, 0.6) is 0 Å². The van der Waals surface area contributed by atoms with E-state index in [4.69, 9.17) is 5.73 Å². The molecule has 2 rings (SSSR count). The highest BCUT2D eigenvalue weighted by Crippen LogP contribution is 2.45. The maximum atomic E-state index is 11.9. The van der Waals surface area contributed by atoms with E-state index in [0.717, 1.165) is 23.1 Å². The fourth-order valence-electron chi connectivity index (χ4n) is 3.15. The molecular weight excluding hydrogens is 365 g/mol. The van der Waals surface area contributed by atoms with Crippen LogP contribution in [0.2, 0.25) is 0 Å². The normalized spacial score (nSPS) is 25.6. The predicted octanol–water partition coefficient (Wildman–Crippen LogP) is 2.89. The number of primary amides is 1. The smallest absolute Gasteiger partial charge is 0.225 e. The third-order valence-electron chi connectivity index (χ3n) is 4.27. The lowest BCUT2D eigenvalue weighted by Gasteiger charge is -2.41. The van der Waals surface area contributed by atoms with E-state index in [1.165, 1.54) is 5.57 Å². The molecule has 2 atom stereocenters. The van der Waals surface area contributed by atoms with Crippen molar-refractivity contribution in [3.8, 4) is 0 Å². The van der Waals surface area contributed by atoms with Crippen LogP contribution in [0.1, 0.15) is 26.7 Å². The zero-order chi connectivity index (χ0) is 14.8. The van der Waals surface area contributed by atoms with Crippen LogP contribution in [0.25, 0.3) is 0 Å². The molecule has 0 bridgehead atoms. The van der Waals surface area contributed by atoms with Crippen molar-refractivity contribution in [2.75, 3.05) is 0 Å². The van der Waals surface area contributed by atoms with Crippen LogP contribution in [-0.2, 0) is 11.3 Å². The van der Waals surface area contributed by atoms with Gasteiger partial charge in [0.15, 0.2) is 0 Å². The summed E-state index contributed by atoms with van der Waals surface area (Å²) in [6, 6.07) is 0. The number of hydrogen-bond donors (Lipinski definition) is 1. The lowest BCUT2D eigenvalue weighted by molar-refractivity contribution is -0.123. The molecule has 0 saturated heterocycles. The molecule has 0 aliphatic heterocycles. The Morgan fingerprint density at radius 1 is 1.55 bits per heavy atom. The Bertz CT molecular complexity index is 561. The van der Waals surface area contributed by atoms with Crippen LogP contribution >= 0.6 is 22.6 Å². The van der Waals surface area contributed by atoms with Gasteiger partial charge in [0.2, 0.25) is 5.91 Å². The lowest BCUT2D eigenvalue weighted by atomic mass is 9.64. The van der Waals surface area contributed by atoms with Gasteiger partial charge in [-0.3, -0.25) is 4.79 Å². The standard InChI is InChI=1S/C15H20IN3O/c1-3-11-6-5-7-12(14(17)20)15(11,4-2)9-19-10-18-8-13(19)16/h5-8,10,12H,3-4,9H2,1-2H3,(H2,17,20). The number of aromatic nitrogens is 2. The summed E-state index contributed by atoms with van der Waals surface area (Å²) in [4.78, 5) is 16.1. The third kappa shape index (κ3) is 2.55. The van der Waals surface area contributed by atoms with Crippen molar-refractivity contribution in [3.63, 3.8) is 0 Å². The highest BCUT2D eigenvalue weighted by atomic mass is 127. The van der Waals surface area contributed by atoms with Gasteiger partial charge >= 0.3 is 0 Å². The molecular formula is C15H20IN3O. The summed E-state index contributed by atoms with van der Waals surface area (Å²) in [6.45, 7) is 4.99. The number of carbonyl (C=O) groups is 1. The van der Waals surface area contributed by atoms with Gasteiger partial charge in [0, 0.05) is 12.0 Å². The van der Waals surface area contributed by atoms with E-state index in [0.29, 0.717) is 0 Å². The number of nitrogens with zero attached hydrogens (tertiary/aromatic N) is 2. The second-order valence-electron chi connectivity index (χ2n) is 5.16. The zero-order valence-corrected chi connectivity index (χ0v) is 14.0. The summed E-state index contributed by atoms with van der Waals surface area (Å²) in [5, 5.41) is 0. The first-order valence-electron chi connectivity index (χ1n) is 6.88. The molecule has 4 nitrogen and oxygen atoms in total. The van der Waals surface area contributed by atoms with Crippen molar-refractivity contribution in [2.24, 2.45) is 17.1 Å². The lowest BCUT2D eigenvalue weighted by Crippen LogP contribution is -2.43. The minimum atomic E-state index is -0.259. The molecule has 2 unspecified atom stereocenters. The van der Waals surface area contributed by atoms with Gasteiger partial charge in [-0.15, -0.1) is 0 Å². The molecule has 0 radical (unpaired) electrons. The van der Waals surface area contributed by atoms with Crippen molar-refractivity contribution in [1.82, 2.24) is 9.55 Å². The number of halogens is 1. The number of hydrogen-bond acceptors (Lipinski definition) is 2. The molecule has 0 fully saturated rings. The first kappa shape index (κ1) is 15.3. The monoisotopic (exact) mass is 385 g/mol. The molecule has 1 aromatic heterocycles. The van der Waals surface area contributed by atoms with Gasteiger partial charge in [0.1, 0.15) is 0 Å². The van der Waals surface area contributed by atoms with Crippen LogP contribution < -0.4 is 5.73 Å². The third-order valence-corrected chi connectivity index (χ3v) is 5.17. The molecule has 5 heteroatoms. The van der Waals surface area contributed by atoms with Gasteiger partial charge in [-0.05, 0) is 35.4 Å². The molecule has 20 heavy (non-hydrogen) atoms. The number of imidazole rings is 1. The maximum absolute atomic E-state index is 11.9. The van der Waals surface area contributed by atoms with Crippen molar-refractivity contribution in [3.05, 3.63) is 40.0 Å². The minimum absolute atomic E-state index is 0.240. The van der Waals surface area contributed by atoms with Gasteiger partial charge < -0.3 is 10.3 Å². The van der Waals surface area contributed by atoms with Crippen LogP contribution in [0.3, 0.4) is 0 Å². The minimum Gasteiger partial charge on any atom is -0.369 e. The number of carbonyl (C=O) groups excluding carboxylic acids is 1. The Morgan fingerprint density at radius 3 is 2.80 bits per heavy atom. The van der Waals surface area contributed by atoms with Crippen LogP contribution in [0.15, 0.2) is 36.3 Å². The quantitative estimate of drug-likeness (QED) is 0.793. The Morgan fingerprint density at radius 2 is 2.30 bits per heavy atom. The highest BCUT2D eigenvalue weighted by Gasteiger charge is 2.43. The van der Waals surface area contributed by atoms with E-state index in [-0.39, 0.29) is 17.2 Å². The van der Waals surface area contributed by atoms with Gasteiger partial charge in [-0.2, -0.15) is 0 Å². The predicted molar refractivity (Wildman–Crippen MR) is 87.9 cm³/mol. The van der Waals surface area contributed by atoms with E-state index in [1.54, 1.807) is 0 Å².